The molecule has 14 heavy (non-hydrogen) atoms. The number of nitrogens with one attached hydrogen (secondary N) is 1. The predicted molar refractivity (Wildman–Crippen MR) is 60.4 cm³/mol. The molecule has 0 bridgehead atoms. The van der Waals surface area contributed by atoms with Crippen molar-refractivity contribution in [2.24, 2.45) is 0 Å². The van der Waals surface area contributed by atoms with Crippen LogP contribution in [0.15, 0.2) is 21.4 Å². The Balaban J connectivity index is 1.89. The first-order chi connectivity index (χ1) is 6.84. The van der Waals surface area contributed by atoms with Crippen LogP contribution in [0.5, 0.6) is 0 Å². The summed E-state index contributed by atoms with van der Waals surface area (Å²) >= 11 is 3.33. The average molecular weight is 258 g/mol. The molecule has 1 N–H and O–H groups in total. The van der Waals surface area contributed by atoms with E-state index in [9.17, 15) is 0 Å². The van der Waals surface area contributed by atoms with Crippen LogP contribution in [0.25, 0.3) is 0 Å². The predicted octanol–water partition coefficient (Wildman–Crippen LogP) is 3.12. The SMILES string of the molecule is Brc1cc(CC2CCCCCN2)co1. The van der Waals surface area contributed by atoms with E-state index >= 15 is 0 Å². The van der Waals surface area contributed by atoms with E-state index in [1.807, 2.05) is 6.26 Å². The highest BCUT2D eigenvalue weighted by molar-refractivity contribution is 9.10. The van der Waals surface area contributed by atoms with Gasteiger partial charge in [0.05, 0.1) is 6.26 Å². The van der Waals surface area contributed by atoms with Crippen LogP contribution < -0.4 is 5.32 Å². The van der Waals surface area contributed by atoms with E-state index in [0.29, 0.717) is 6.04 Å². The van der Waals surface area contributed by atoms with Crippen LogP contribution in [0.2, 0.25) is 0 Å². The van der Waals surface area contributed by atoms with Crippen molar-refractivity contribution in [2.75, 3.05) is 6.54 Å². The molecular weight excluding hydrogens is 242 g/mol. The van der Waals surface area contributed by atoms with Gasteiger partial charge in [0.1, 0.15) is 0 Å². The average Bonchev–Trinajstić information content (AvgIpc) is 2.43. The molecule has 78 valence electrons. The summed E-state index contributed by atoms with van der Waals surface area (Å²) < 4.78 is 6.06. The van der Waals surface area contributed by atoms with E-state index < -0.39 is 0 Å². The largest absolute Gasteiger partial charge is 0.457 e. The van der Waals surface area contributed by atoms with Gasteiger partial charge in [0.2, 0.25) is 0 Å². The molecule has 0 aromatic carbocycles. The highest BCUT2D eigenvalue weighted by Gasteiger charge is 2.12. The number of hydrogen-bond donors (Lipinski definition) is 1. The van der Waals surface area contributed by atoms with Crippen molar-refractivity contribution >= 4 is 15.9 Å². The zero-order chi connectivity index (χ0) is 9.80. The second-order valence-electron chi connectivity index (χ2n) is 3.96. The lowest BCUT2D eigenvalue weighted by molar-refractivity contribution is 0.499. The molecule has 2 heterocycles. The first-order valence-corrected chi connectivity index (χ1v) is 6.10. The quantitative estimate of drug-likeness (QED) is 0.881. The van der Waals surface area contributed by atoms with Gasteiger partial charge in [-0.2, -0.15) is 0 Å². The molecular formula is C11H16BrNO. The standard InChI is InChI=1S/C11H16BrNO/c12-11-7-9(8-14-11)6-10-4-2-1-3-5-13-10/h7-8,10,13H,1-6H2. The van der Waals surface area contributed by atoms with Crippen molar-refractivity contribution in [3.05, 3.63) is 22.6 Å². The molecule has 1 aliphatic heterocycles. The second kappa shape index (κ2) is 4.99. The van der Waals surface area contributed by atoms with Crippen LogP contribution in [0.3, 0.4) is 0 Å². The maximum Gasteiger partial charge on any atom is 0.169 e. The van der Waals surface area contributed by atoms with Crippen LogP contribution >= 0.6 is 15.9 Å². The Morgan fingerprint density at radius 2 is 2.36 bits per heavy atom. The van der Waals surface area contributed by atoms with Gasteiger partial charge in [-0.05, 0) is 53.4 Å². The van der Waals surface area contributed by atoms with Gasteiger partial charge in [0, 0.05) is 6.04 Å². The third kappa shape index (κ3) is 2.85. The molecule has 0 saturated carbocycles. The minimum atomic E-state index is 0.641. The highest BCUT2D eigenvalue weighted by Crippen LogP contribution is 2.18. The van der Waals surface area contributed by atoms with Crippen LogP contribution in [-0.4, -0.2) is 12.6 Å². The van der Waals surface area contributed by atoms with E-state index in [0.717, 1.165) is 11.1 Å². The fraction of sp³-hybridized carbons (Fsp3) is 0.636. The fourth-order valence-electron chi connectivity index (χ4n) is 2.01. The summed E-state index contributed by atoms with van der Waals surface area (Å²) in [7, 11) is 0. The van der Waals surface area contributed by atoms with Crippen LogP contribution in [0, 0.1) is 0 Å². The third-order valence-electron chi connectivity index (χ3n) is 2.77. The molecule has 3 heteroatoms. The van der Waals surface area contributed by atoms with Crippen molar-refractivity contribution in [2.45, 2.75) is 38.1 Å². The summed E-state index contributed by atoms with van der Waals surface area (Å²) in [6, 6.07) is 2.70. The zero-order valence-corrected chi connectivity index (χ0v) is 9.85. The van der Waals surface area contributed by atoms with E-state index in [-0.39, 0.29) is 0 Å². The van der Waals surface area contributed by atoms with Gasteiger partial charge in [0.25, 0.3) is 0 Å². The first kappa shape index (κ1) is 10.2. The summed E-state index contributed by atoms with van der Waals surface area (Å²) in [6.45, 7) is 1.17. The lowest BCUT2D eigenvalue weighted by Crippen LogP contribution is -2.29. The summed E-state index contributed by atoms with van der Waals surface area (Å²) in [5.74, 6) is 0. The second-order valence-corrected chi connectivity index (χ2v) is 4.75. The Morgan fingerprint density at radius 1 is 1.43 bits per heavy atom. The van der Waals surface area contributed by atoms with E-state index in [4.69, 9.17) is 4.42 Å². The number of halogens is 1. The molecule has 1 aromatic rings. The van der Waals surface area contributed by atoms with Crippen molar-refractivity contribution in [1.29, 1.82) is 0 Å². The Morgan fingerprint density at radius 3 is 3.14 bits per heavy atom. The van der Waals surface area contributed by atoms with Crippen molar-refractivity contribution in [3.63, 3.8) is 0 Å². The summed E-state index contributed by atoms with van der Waals surface area (Å²) in [5, 5.41) is 3.58. The Hall–Kier alpha value is -0.280. The molecule has 0 amide bonds. The van der Waals surface area contributed by atoms with E-state index in [1.165, 1.54) is 37.8 Å². The molecule has 0 aliphatic carbocycles. The maximum atomic E-state index is 5.23. The molecule has 2 nitrogen and oxygen atoms in total. The van der Waals surface area contributed by atoms with E-state index in [2.05, 4.69) is 27.3 Å². The zero-order valence-electron chi connectivity index (χ0n) is 8.26. The monoisotopic (exact) mass is 257 g/mol. The lowest BCUT2D eigenvalue weighted by atomic mass is 10.0. The molecule has 1 unspecified atom stereocenters. The lowest BCUT2D eigenvalue weighted by Gasteiger charge is -2.13. The third-order valence-corrected chi connectivity index (χ3v) is 3.18. The number of rotatable bonds is 2. The van der Waals surface area contributed by atoms with Gasteiger partial charge in [0.15, 0.2) is 4.67 Å². The maximum absolute atomic E-state index is 5.23. The molecule has 1 aliphatic rings. The van der Waals surface area contributed by atoms with Gasteiger partial charge in [-0.25, -0.2) is 0 Å². The van der Waals surface area contributed by atoms with Crippen molar-refractivity contribution < 1.29 is 4.42 Å². The molecule has 1 aromatic heterocycles. The molecule has 1 atom stereocenters. The smallest absolute Gasteiger partial charge is 0.169 e. The summed E-state index contributed by atoms with van der Waals surface area (Å²) in [5.41, 5.74) is 1.29. The van der Waals surface area contributed by atoms with Gasteiger partial charge < -0.3 is 9.73 Å². The Labute approximate surface area is 93.2 Å². The first-order valence-electron chi connectivity index (χ1n) is 5.31. The van der Waals surface area contributed by atoms with Gasteiger partial charge >= 0.3 is 0 Å². The molecule has 2 rings (SSSR count). The van der Waals surface area contributed by atoms with E-state index in [1.54, 1.807) is 0 Å². The normalized spacial score (nSPS) is 23.4. The van der Waals surface area contributed by atoms with Crippen LogP contribution in [0.1, 0.15) is 31.2 Å². The molecule has 0 spiro atoms. The van der Waals surface area contributed by atoms with Gasteiger partial charge in [-0.1, -0.05) is 12.8 Å². The Bertz CT molecular complexity index is 277. The summed E-state index contributed by atoms with van der Waals surface area (Å²) in [4.78, 5) is 0. The Kier molecular flexibility index (Phi) is 3.65. The minimum absolute atomic E-state index is 0.641. The molecule has 0 radical (unpaired) electrons. The molecule has 1 fully saturated rings. The summed E-state index contributed by atoms with van der Waals surface area (Å²) in [6.07, 6.45) is 8.29. The van der Waals surface area contributed by atoms with Crippen LogP contribution in [0.4, 0.5) is 0 Å². The number of hydrogen-bond acceptors (Lipinski definition) is 2. The van der Waals surface area contributed by atoms with Crippen LogP contribution in [-0.2, 0) is 6.42 Å². The molecule has 1 saturated heterocycles. The van der Waals surface area contributed by atoms with Gasteiger partial charge in [-0.15, -0.1) is 0 Å². The van der Waals surface area contributed by atoms with Gasteiger partial charge in [-0.3, -0.25) is 0 Å². The minimum Gasteiger partial charge on any atom is -0.457 e. The fourth-order valence-corrected chi connectivity index (χ4v) is 2.40. The highest BCUT2D eigenvalue weighted by atomic mass is 79.9. The van der Waals surface area contributed by atoms with Crippen molar-refractivity contribution in [3.8, 4) is 0 Å². The van der Waals surface area contributed by atoms with Crippen molar-refractivity contribution in [1.82, 2.24) is 5.32 Å². The topological polar surface area (TPSA) is 25.2 Å². The number of furan rings is 1.